The first-order chi connectivity index (χ1) is 7.88. The second kappa shape index (κ2) is 5.24. The van der Waals surface area contributed by atoms with Crippen LogP contribution in [0.2, 0.25) is 0 Å². The third-order valence-electron chi connectivity index (χ3n) is 2.05. The normalized spacial score (nSPS) is 9.69. The summed E-state index contributed by atoms with van der Waals surface area (Å²) in [5.74, 6) is 0.509. The first-order valence-electron chi connectivity index (χ1n) is 4.86. The van der Waals surface area contributed by atoms with Gasteiger partial charge in [0, 0.05) is 12.7 Å². The van der Waals surface area contributed by atoms with Crippen LogP contribution in [0.3, 0.4) is 0 Å². The van der Waals surface area contributed by atoms with Gasteiger partial charge in [-0.2, -0.15) is 16.6 Å². The number of hydrogen-bond acceptors (Lipinski definition) is 5. The molecule has 0 atom stereocenters. The van der Waals surface area contributed by atoms with E-state index in [9.17, 15) is 0 Å². The largest absolute Gasteiger partial charge is 0.354 e. The number of thiophene rings is 1. The summed E-state index contributed by atoms with van der Waals surface area (Å²) < 4.78 is 0. The Morgan fingerprint density at radius 2 is 2.38 bits per heavy atom. The van der Waals surface area contributed by atoms with Crippen LogP contribution in [0.4, 0.5) is 5.95 Å². The van der Waals surface area contributed by atoms with Crippen LogP contribution >= 0.6 is 11.3 Å². The molecular weight excluding hydrogens is 220 g/mol. The Labute approximate surface area is 97.6 Å². The summed E-state index contributed by atoms with van der Waals surface area (Å²) in [5.41, 5.74) is 1.68. The molecule has 4 nitrogen and oxygen atoms in total. The molecule has 0 saturated carbocycles. The lowest BCUT2D eigenvalue weighted by Crippen LogP contribution is -2.07. The van der Waals surface area contributed by atoms with Gasteiger partial charge in [-0.15, -0.1) is 0 Å². The Balaban J connectivity index is 1.88. The Bertz CT molecular complexity index is 487. The molecule has 16 heavy (non-hydrogen) atoms. The molecule has 0 saturated heterocycles. The fraction of sp³-hybridized carbons (Fsp3) is 0.182. The Morgan fingerprint density at radius 1 is 1.44 bits per heavy atom. The van der Waals surface area contributed by atoms with Crippen molar-refractivity contribution in [3.63, 3.8) is 0 Å². The zero-order valence-corrected chi connectivity index (χ0v) is 9.37. The van der Waals surface area contributed by atoms with Crippen LogP contribution in [-0.2, 0) is 6.42 Å². The molecule has 0 spiro atoms. The summed E-state index contributed by atoms with van der Waals surface area (Å²) in [6.45, 7) is 0.769. The van der Waals surface area contributed by atoms with Crippen molar-refractivity contribution in [1.82, 2.24) is 9.97 Å². The lowest BCUT2D eigenvalue weighted by Gasteiger charge is -2.02. The second-order valence-corrected chi connectivity index (χ2v) is 3.97. The summed E-state index contributed by atoms with van der Waals surface area (Å²) in [5, 5.41) is 15.9. The van der Waals surface area contributed by atoms with E-state index in [2.05, 4.69) is 32.1 Å². The van der Waals surface area contributed by atoms with Gasteiger partial charge in [0.2, 0.25) is 5.95 Å². The van der Waals surface area contributed by atoms with Gasteiger partial charge in [-0.05, 0) is 34.9 Å². The molecule has 0 amide bonds. The van der Waals surface area contributed by atoms with Crippen molar-refractivity contribution in [2.75, 3.05) is 11.9 Å². The van der Waals surface area contributed by atoms with Crippen molar-refractivity contribution in [1.29, 1.82) is 5.26 Å². The van der Waals surface area contributed by atoms with E-state index in [1.165, 1.54) is 5.56 Å². The van der Waals surface area contributed by atoms with Crippen molar-refractivity contribution in [3.05, 3.63) is 40.3 Å². The molecule has 5 heteroatoms. The summed E-state index contributed by atoms with van der Waals surface area (Å²) >= 11 is 1.69. The van der Waals surface area contributed by atoms with Crippen molar-refractivity contribution in [2.24, 2.45) is 0 Å². The quantitative estimate of drug-likeness (QED) is 0.873. The van der Waals surface area contributed by atoms with Crippen LogP contribution in [0.1, 0.15) is 11.3 Å². The fourth-order valence-electron chi connectivity index (χ4n) is 1.26. The highest BCUT2D eigenvalue weighted by atomic mass is 32.1. The standard InChI is InChI=1S/C11H10N4S/c12-7-10-2-5-14-11(15-10)13-4-1-9-3-6-16-8-9/h2-3,5-6,8H,1,4H2,(H,13,14,15). The first-order valence-corrected chi connectivity index (χ1v) is 5.81. The van der Waals surface area contributed by atoms with Crippen LogP contribution in [0.25, 0.3) is 0 Å². The third-order valence-corrected chi connectivity index (χ3v) is 2.78. The summed E-state index contributed by atoms with van der Waals surface area (Å²) in [7, 11) is 0. The molecule has 0 radical (unpaired) electrons. The van der Waals surface area contributed by atoms with E-state index < -0.39 is 0 Å². The topological polar surface area (TPSA) is 61.6 Å². The zero-order valence-electron chi connectivity index (χ0n) is 8.55. The smallest absolute Gasteiger partial charge is 0.223 e. The number of nitriles is 1. The van der Waals surface area contributed by atoms with Gasteiger partial charge < -0.3 is 5.32 Å². The molecule has 0 bridgehead atoms. The van der Waals surface area contributed by atoms with Crippen LogP contribution in [-0.4, -0.2) is 16.5 Å². The van der Waals surface area contributed by atoms with E-state index in [0.29, 0.717) is 11.6 Å². The summed E-state index contributed by atoms with van der Waals surface area (Å²) in [6.07, 6.45) is 2.52. The average Bonchev–Trinajstić information content (AvgIpc) is 2.82. The lowest BCUT2D eigenvalue weighted by atomic mass is 10.2. The number of anilines is 1. The average molecular weight is 230 g/mol. The Hall–Kier alpha value is -1.93. The lowest BCUT2D eigenvalue weighted by molar-refractivity contribution is 0.985. The fourth-order valence-corrected chi connectivity index (χ4v) is 1.96. The van der Waals surface area contributed by atoms with E-state index in [4.69, 9.17) is 5.26 Å². The maximum absolute atomic E-state index is 8.67. The molecule has 2 aromatic heterocycles. The minimum absolute atomic E-state index is 0.382. The van der Waals surface area contributed by atoms with Crippen LogP contribution in [0.5, 0.6) is 0 Å². The molecule has 1 N–H and O–H groups in total. The van der Waals surface area contributed by atoms with Gasteiger partial charge in [0.1, 0.15) is 11.8 Å². The maximum atomic E-state index is 8.67. The molecule has 2 aromatic rings. The van der Waals surface area contributed by atoms with Gasteiger partial charge in [-0.3, -0.25) is 0 Å². The van der Waals surface area contributed by atoms with Crippen LogP contribution < -0.4 is 5.32 Å². The molecule has 0 aliphatic carbocycles. The summed E-state index contributed by atoms with van der Waals surface area (Å²) in [4.78, 5) is 8.06. The van der Waals surface area contributed by atoms with Gasteiger partial charge in [0.05, 0.1) is 0 Å². The molecule has 0 unspecified atom stereocenters. The van der Waals surface area contributed by atoms with Crippen molar-refractivity contribution >= 4 is 17.3 Å². The highest BCUT2D eigenvalue weighted by Gasteiger charge is 1.98. The van der Waals surface area contributed by atoms with Crippen molar-refractivity contribution in [3.8, 4) is 6.07 Å². The van der Waals surface area contributed by atoms with Crippen molar-refractivity contribution < 1.29 is 0 Å². The van der Waals surface area contributed by atoms with E-state index in [0.717, 1.165) is 13.0 Å². The SMILES string of the molecule is N#Cc1ccnc(NCCc2ccsc2)n1. The minimum Gasteiger partial charge on any atom is -0.354 e. The van der Waals surface area contributed by atoms with Gasteiger partial charge in [0.15, 0.2) is 0 Å². The number of rotatable bonds is 4. The van der Waals surface area contributed by atoms with Gasteiger partial charge in [-0.1, -0.05) is 0 Å². The predicted molar refractivity (Wildman–Crippen MR) is 63.3 cm³/mol. The van der Waals surface area contributed by atoms with Gasteiger partial charge in [0.25, 0.3) is 0 Å². The van der Waals surface area contributed by atoms with E-state index >= 15 is 0 Å². The second-order valence-electron chi connectivity index (χ2n) is 3.19. The summed E-state index contributed by atoms with van der Waals surface area (Å²) in [6, 6.07) is 5.67. The number of hydrogen-bond donors (Lipinski definition) is 1. The number of aromatic nitrogens is 2. The Morgan fingerprint density at radius 3 is 3.12 bits per heavy atom. The molecule has 2 heterocycles. The van der Waals surface area contributed by atoms with Gasteiger partial charge in [-0.25, -0.2) is 9.97 Å². The van der Waals surface area contributed by atoms with Gasteiger partial charge >= 0.3 is 0 Å². The third kappa shape index (κ3) is 2.78. The number of nitrogens with one attached hydrogen (secondary N) is 1. The van der Waals surface area contributed by atoms with Crippen LogP contribution in [0.15, 0.2) is 29.1 Å². The van der Waals surface area contributed by atoms with Crippen molar-refractivity contribution in [2.45, 2.75) is 6.42 Å². The Kier molecular flexibility index (Phi) is 3.46. The monoisotopic (exact) mass is 230 g/mol. The maximum Gasteiger partial charge on any atom is 0.223 e. The van der Waals surface area contributed by atoms with E-state index in [1.54, 1.807) is 23.6 Å². The molecule has 2 rings (SSSR count). The highest BCUT2D eigenvalue weighted by molar-refractivity contribution is 7.07. The predicted octanol–water partition coefficient (Wildman–Crippen LogP) is 2.06. The molecule has 0 fully saturated rings. The first kappa shape index (κ1) is 10.6. The molecule has 0 aliphatic rings. The molecule has 0 aromatic carbocycles. The molecule has 80 valence electrons. The van der Waals surface area contributed by atoms with E-state index in [-0.39, 0.29) is 0 Å². The molecular formula is C11H10N4S. The zero-order chi connectivity index (χ0) is 11.2. The number of nitrogens with zero attached hydrogens (tertiary/aromatic N) is 3. The molecule has 0 aliphatic heterocycles. The highest BCUT2D eigenvalue weighted by Crippen LogP contribution is 2.07. The van der Waals surface area contributed by atoms with E-state index in [1.807, 2.05) is 6.07 Å². The minimum atomic E-state index is 0.382. The van der Waals surface area contributed by atoms with Crippen LogP contribution in [0, 0.1) is 11.3 Å².